The van der Waals surface area contributed by atoms with Crippen molar-refractivity contribution in [2.24, 2.45) is 5.92 Å². The summed E-state index contributed by atoms with van der Waals surface area (Å²) in [4.78, 5) is 0. The minimum absolute atomic E-state index is 0.0789. The van der Waals surface area contributed by atoms with Crippen LogP contribution in [0.3, 0.4) is 0 Å². The van der Waals surface area contributed by atoms with E-state index in [1.165, 1.54) is 5.56 Å². The lowest BCUT2D eigenvalue weighted by atomic mass is 9.95. The molecule has 1 aromatic carbocycles. The zero-order chi connectivity index (χ0) is 11.8. The average molecular weight is 217 g/mol. The zero-order valence-corrected chi connectivity index (χ0v) is 10.2. The highest BCUT2D eigenvalue weighted by Crippen LogP contribution is 2.12. The summed E-state index contributed by atoms with van der Waals surface area (Å²) >= 11 is 0. The second-order valence-corrected chi connectivity index (χ2v) is 4.07. The van der Waals surface area contributed by atoms with E-state index in [0.29, 0.717) is 5.92 Å². The van der Waals surface area contributed by atoms with E-state index in [1.807, 2.05) is 18.2 Å². The van der Waals surface area contributed by atoms with Gasteiger partial charge in [0.25, 0.3) is 6.07 Å². The smallest absolute Gasteiger partial charge is 0.289 e. The molecule has 0 aliphatic carbocycles. The number of hydrogen-bond acceptors (Lipinski definition) is 1. The summed E-state index contributed by atoms with van der Waals surface area (Å²) in [5.41, 5.74) is 1.26. The minimum atomic E-state index is 0.0789. The van der Waals surface area contributed by atoms with Gasteiger partial charge in [-0.25, -0.2) is 0 Å². The molecule has 0 bridgehead atoms. The Morgan fingerprint density at radius 3 is 2.31 bits per heavy atom. The van der Waals surface area contributed by atoms with Gasteiger partial charge in [0.15, 0.2) is 0 Å². The Morgan fingerprint density at radius 1 is 1.19 bits per heavy atom. The highest BCUT2D eigenvalue weighted by molar-refractivity contribution is 5.14. The van der Waals surface area contributed by atoms with E-state index < -0.39 is 0 Å². The third kappa shape index (κ3) is 3.67. The third-order valence-corrected chi connectivity index (χ3v) is 3.04. The summed E-state index contributed by atoms with van der Waals surface area (Å²) in [5.74, 6) is 0.515. The minimum Gasteiger partial charge on any atom is -0.294 e. The third-order valence-electron chi connectivity index (χ3n) is 3.04. The first-order chi connectivity index (χ1) is 7.81. The molecule has 0 unspecified atom stereocenters. The van der Waals surface area contributed by atoms with E-state index in [1.54, 1.807) is 0 Å². The molecule has 2 nitrogen and oxygen atoms in total. The number of benzene rings is 1. The van der Waals surface area contributed by atoms with Crippen molar-refractivity contribution in [1.29, 1.82) is 0 Å². The van der Waals surface area contributed by atoms with Gasteiger partial charge < -0.3 is 0 Å². The van der Waals surface area contributed by atoms with Gasteiger partial charge in [-0.1, -0.05) is 62.3 Å². The number of rotatable bonds is 6. The lowest BCUT2D eigenvalue weighted by molar-refractivity contribution is -0.0983. The van der Waals surface area contributed by atoms with Gasteiger partial charge in [-0.2, -0.15) is 0 Å². The topological polar surface area (TPSA) is 35.8 Å². The highest BCUT2D eigenvalue weighted by atomic mass is 14.9. The molecule has 0 saturated carbocycles. The maximum atomic E-state index is 7.35. The summed E-state index contributed by atoms with van der Waals surface area (Å²) in [5, 5.41) is 10.7. The van der Waals surface area contributed by atoms with Crippen molar-refractivity contribution in [3.8, 4) is 6.07 Å². The summed E-state index contributed by atoms with van der Waals surface area (Å²) in [6, 6.07) is 13.0. The molecule has 0 aromatic heterocycles. The molecule has 1 atom stereocenters. The quantitative estimate of drug-likeness (QED) is 0.741. The highest BCUT2D eigenvalue weighted by Gasteiger charge is 2.20. The van der Waals surface area contributed by atoms with Crippen LogP contribution in [0.4, 0.5) is 0 Å². The van der Waals surface area contributed by atoms with Crippen LogP contribution in [-0.2, 0) is 6.54 Å². The molecule has 1 aromatic rings. The van der Waals surface area contributed by atoms with Gasteiger partial charge in [0.2, 0.25) is 0 Å². The van der Waals surface area contributed by atoms with E-state index in [2.05, 4.69) is 37.4 Å². The van der Waals surface area contributed by atoms with Crippen molar-refractivity contribution in [1.82, 2.24) is 5.32 Å². The lowest BCUT2D eigenvalue weighted by Crippen LogP contribution is -2.39. The molecule has 0 radical (unpaired) electrons. The zero-order valence-electron chi connectivity index (χ0n) is 10.2. The van der Waals surface area contributed by atoms with Gasteiger partial charge in [0.1, 0.15) is 6.04 Å². The average Bonchev–Trinajstić information content (AvgIpc) is 2.35. The van der Waals surface area contributed by atoms with Gasteiger partial charge in [0, 0.05) is 6.54 Å². The molecule has 2 heteroatoms. The van der Waals surface area contributed by atoms with Crippen LogP contribution in [0.25, 0.3) is 0 Å². The molecule has 0 heterocycles. The Labute approximate surface area is 98.3 Å². The second kappa shape index (κ2) is 7.03. The Kier molecular flexibility index (Phi) is 5.60. The molecule has 16 heavy (non-hydrogen) atoms. The molecule has 0 saturated heterocycles. The van der Waals surface area contributed by atoms with E-state index in [0.717, 1.165) is 19.4 Å². The van der Waals surface area contributed by atoms with E-state index >= 15 is 0 Å². The molecule has 0 aliphatic rings. The normalized spacial score (nSPS) is 12.4. The molecule has 0 amide bonds. The number of hydrogen-bond donors (Lipinski definition) is 2. The first-order valence-corrected chi connectivity index (χ1v) is 6.01. The summed E-state index contributed by atoms with van der Waals surface area (Å²) < 4.78 is 0. The predicted molar refractivity (Wildman–Crippen MR) is 66.0 cm³/mol. The van der Waals surface area contributed by atoms with Crippen molar-refractivity contribution >= 4 is 0 Å². The Hall–Kier alpha value is -1.33. The fourth-order valence-electron chi connectivity index (χ4n) is 1.92. The molecule has 0 spiro atoms. The van der Waals surface area contributed by atoms with E-state index in [4.69, 9.17) is 5.26 Å². The maximum Gasteiger partial charge on any atom is 0.289 e. The van der Waals surface area contributed by atoms with Crippen LogP contribution in [0.5, 0.6) is 0 Å². The number of nitrogens with one attached hydrogen (secondary N) is 2. The predicted octanol–water partition coefficient (Wildman–Crippen LogP) is 1.35. The first-order valence-electron chi connectivity index (χ1n) is 6.01. The van der Waals surface area contributed by atoms with Crippen molar-refractivity contribution < 1.29 is 5.26 Å². The van der Waals surface area contributed by atoms with Gasteiger partial charge in [-0.3, -0.25) is 5.32 Å². The van der Waals surface area contributed by atoms with Crippen LogP contribution in [0.15, 0.2) is 30.3 Å². The summed E-state index contributed by atoms with van der Waals surface area (Å²) in [7, 11) is 0. The van der Waals surface area contributed by atoms with Crippen LogP contribution in [0, 0.1) is 12.0 Å². The fourth-order valence-corrected chi connectivity index (χ4v) is 1.92. The van der Waals surface area contributed by atoms with Crippen LogP contribution in [0.2, 0.25) is 0 Å². The fraction of sp³-hybridized carbons (Fsp3) is 0.500. The van der Waals surface area contributed by atoms with Crippen LogP contribution >= 0.6 is 0 Å². The first kappa shape index (κ1) is 12.7. The van der Waals surface area contributed by atoms with Crippen molar-refractivity contribution in [3.63, 3.8) is 0 Å². The molecule has 2 N–H and O–H groups in total. The largest absolute Gasteiger partial charge is 0.294 e. The van der Waals surface area contributed by atoms with Crippen molar-refractivity contribution in [2.45, 2.75) is 39.3 Å². The van der Waals surface area contributed by atoms with E-state index in [-0.39, 0.29) is 6.04 Å². The van der Waals surface area contributed by atoms with Crippen LogP contribution in [0.1, 0.15) is 32.3 Å². The molecular weight excluding hydrogens is 196 g/mol. The van der Waals surface area contributed by atoms with Gasteiger partial charge in [-0.15, -0.1) is 0 Å². The maximum absolute atomic E-state index is 7.35. The van der Waals surface area contributed by atoms with Crippen LogP contribution in [-0.4, -0.2) is 6.04 Å². The van der Waals surface area contributed by atoms with Gasteiger partial charge >= 0.3 is 0 Å². The van der Waals surface area contributed by atoms with Gasteiger partial charge in [0.05, 0.1) is 0 Å². The molecular formula is C14H21N2+. The SMILES string of the molecule is CCC(CC)[C@@H](C#[NH+])NCc1ccccc1. The molecule has 86 valence electrons. The molecule has 0 aliphatic heterocycles. The van der Waals surface area contributed by atoms with Crippen molar-refractivity contribution in [3.05, 3.63) is 35.9 Å². The van der Waals surface area contributed by atoms with Crippen LogP contribution < -0.4 is 10.6 Å². The second-order valence-electron chi connectivity index (χ2n) is 4.07. The summed E-state index contributed by atoms with van der Waals surface area (Å²) in [6.45, 7) is 5.15. The van der Waals surface area contributed by atoms with Gasteiger partial charge in [-0.05, 0) is 11.5 Å². The monoisotopic (exact) mass is 217 g/mol. The Balaban J connectivity index is 2.49. The summed E-state index contributed by atoms with van der Waals surface area (Å²) in [6.07, 6.45) is 2.18. The lowest BCUT2D eigenvalue weighted by Gasteiger charge is -2.17. The molecule has 0 fully saturated rings. The van der Waals surface area contributed by atoms with E-state index in [9.17, 15) is 0 Å². The standard InChI is InChI=1S/C14H20N2/c1-3-13(4-2)14(10-15)16-11-12-8-6-5-7-9-12/h5-9,13-14,16H,3-4,11H2,1-2H3/p+1/t14-/m1/s1. The Morgan fingerprint density at radius 2 is 1.81 bits per heavy atom. The van der Waals surface area contributed by atoms with Crippen molar-refractivity contribution in [2.75, 3.05) is 0 Å². The Bertz CT molecular complexity index is 322. The molecule has 1 rings (SSSR count).